The van der Waals surface area contributed by atoms with Crippen molar-refractivity contribution in [3.05, 3.63) is 63.2 Å². The number of rotatable bonds is 3. The molecule has 0 radical (unpaired) electrons. The lowest BCUT2D eigenvalue weighted by Crippen LogP contribution is -2.20. The zero-order valence-corrected chi connectivity index (χ0v) is 10.2. The van der Waals surface area contributed by atoms with Gasteiger partial charge in [-0.2, -0.15) is 0 Å². The fraction of sp³-hybridized carbons (Fsp3) is 0.167. The van der Waals surface area contributed by atoms with Crippen molar-refractivity contribution in [1.29, 1.82) is 0 Å². The van der Waals surface area contributed by atoms with E-state index in [0.29, 0.717) is 11.0 Å². The summed E-state index contributed by atoms with van der Waals surface area (Å²) >= 11 is 3.22. The first-order chi connectivity index (χ1) is 7.77. The smallest absolute Gasteiger partial charge is 0.264 e. The second-order valence-electron chi connectivity index (χ2n) is 3.43. The van der Waals surface area contributed by atoms with Gasteiger partial charge in [0.05, 0.1) is 4.47 Å². The van der Waals surface area contributed by atoms with Gasteiger partial charge in [0.15, 0.2) is 0 Å². The molecule has 3 nitrogen and oxygen atoms in total. The molecule has 0 bridgehead atoms. The van der Waals surface area contributed by atoms with Gasteiger partial charge in [0, 0.05) is 31.1 Å². The molecule has 2 heterocycles. The molecule has 2 aromatic rings. The van der Waals surface area contributed by atoms with Crippen LogP contribution in [0.15, 0.2) is 52.0 Å². The minimum atomic E-state index is -0.00145. The summed E-state index contributed by atoms with van der Waals surface area (Å²) in [7, 11) is 0. The fourth-order valence-electron chi connectivity index (χ4n) is 1.46. The fourth-order valence-corrected chi connectivity index (χ4v) is 1.85. The first-order valence-corrected chi connectivity index (χ1v) is 5.81. The van der Waals surface area contributed by atoms with Crippen molar-refractivity contribution in [2.45, 2.75) is 13.0 Å². The van der Waals surface area contributed by atoms with Gasteiger partial charge in [0.1, 0.15) is 0 Å². The molecule has 0 aliphatic heterocycles. The summed E-state index contributed by atoms with van der Waals surface area (Å²) in [4.78, 5) is 15.9. The van der Waals surface area contributed by atoms with Crippen LogP contribution in [0.25, 0.3) is 0 Å². The maximum atomic E-state index is 11.7. The summed E-state index contributed by atoms with van der Waals surface area (Å²) in [6, 6.07) is 9.40. The van der Waals surface area contributed by atoms with Crippen LogP contribution in [0.3, 0.4) is 0 Å². The number of hydrogen-bond donors (Lipinski definition) is 0. The molecular formula is C12H11BrN2O. The molecule has 0 aromatic carbocycles. The number of nitrogens with zero attached hydrogens (tertiary/aromatic N) is 2. The summed E-state index contributed by atoms with van der Waals surface area (Å²) in [5.41, 5.74) is 0.993. The van der Waals surface area contributed by atoms with Crippen LogP contribution in [-0.4, -0.2) is 9.55 Å². The Balaban J connectivity index is 2.11. The van der Waals surface area contributed by atoms with E-state index in [1.165, 1.54) is 0 Å². The Morgan fingerprint density at radius 1 is 1.25 bits per heavy atom. The Bertz CT molecular complexity index is 522. The molecule has 4 heteroatoms. The molecule has 0 saturated heterocycles. The van der Waals surface area contributed by atoms with Crippen molar-refractivity contribution in [1.82, 2.24) is 9.55 Å². The Morgan fingerprint density at radius 2 is 2.12 bits per heavy atom. The monoisotopic (exact) mass is 278 g/mol. The minimum Gasteiger partial charge on any atom is -0.314 e. The van der Waals surface area contributed by atoms with E-state index in [4.69, 9.17) is 0 Å². The van der Waals surface area contributed by atoms with Crippen molar-refractivity contribution >= 4 is 15.9 Å². The SMILES string of the molecule is O=c1c(Br)cccn1CCc1ccccn1. The molecule has 0 aliphatic rings. The Labute approximate surface area is 102 Å². The third kappa shape index (κ3) is 2.58. The van der Waals surface area contributed by atoms with Gasteiger partial charge in [-0.15, -0.1) is 0 Å². The molecule has 82 valence electrons. The maximum absolute atomic E-state index is 11.7. The van der Waals surface area contributed by atoms with E-state index >= 15 is 0 Å². The molecule has 0 fully saturated rings. The minimum absolute atomic E-state index is 0.00145. The Hall–Kier alpha value is -1.42. The number of pyridine rings is 2. The second kappa shape index (κ2) is 5.07. The van der Waals surface area contributed by atoms with Crippen molar-refractivity contribution in [3.63, 3.8) is 0 Å². The highest BCUT2D eigenvalue weighted by Crippen LogP contribution is 2.02. The summed E-state index contributed by atoms with van der Waals surface area (Å²) in [5.74, 6) is 0. The summed E-state index contributed by atoms with van der Waals surface area (Å²) < 4.78 is 2.27. The van der Waals surface area contributed by atoms with Gasteiger partial charge in [-0.3, -0.25) is 9.78 Å². The lowest BCUT2D eigenvalue weighted by atomic mass is 10.2. The van der Waals surface area contributed by atoms with Crippen LogP contribution in [0.4, 0.5) is 0 Å². The molecule has 0 aliphatic carbocycles. The van der Waals surface area contributed by atoms with Gasteiger partial charge in [-0.25, -0.2) is 0 Å². The number of aryl methyl sites for hydroxylation is 2. The first-order valence-electron chi connectivity index (χ1n) is 5.02. The number of hydrogen-bond acceptors (Lipinski definition) is 2. The van der Waals surface area contributed by atoms with Crippen LogP contribution in [-0.2, 0) is 13.0 Å². The predicted octanol–water partition coefficient (Wildman–Crippen LogP) is 2.25. The highest BCUT2D eigenvalue weighted by Gasteiger charge is 2.00. The van der Waals surface area contributed by atoms with Gasteiger partial charge in [-0.1, -0.05) is 6.07 Å². The van der Waals surface area contributed by atoms with Gasteiger partial charge in [-0.05, 0) is 40.2 Å². The Morgan fingerprint density at radius 3 is 2.88 bits per heavy atom. The van der Waals surface area contributed by atoms with Gasteiger partial charge in [0.2, 0.25) is 0 Å². The largest absolute Gasteiger partial charge is 0.314 e. The highest BCUT2D eigenvalue weighted by molar-refractivity contribution is 9.10. The zero-order chi connectivity index (χ0) is 11.4. The van der Waals surface area contributed by atoms with E-state index in [1.807, 2.05) is 24.3 Å². The average Bonchev–Trinajstić information content (AvgIpc) is 2.32. The van der Waals surface area contributed by atoms with Crippen LogP contribution < -0.4 is 5.56 Å². The molecule has 0 atom stereocenters. The lowest BCUT2D eigenvalue weighted by Gasteiger charge is -2.05. The molecule has 0 unspecified atom stereocenters. The van der Waals surface area contributed by atoms with Crippen molar-refractivity contribution < 1.29 is 0 Å². The maximum Gasteiger partial charge on any atom is 0.264 e. The van der Waals surface area contributed by atoms with Crippen molar-refractivity contribution in [2.75, 3.05) is 0 Å². The van der Waals surface area contributed by atoms with E-state index in [9.17, 15) is 4.79 Å². The second-order valence-corrected chi connectivity index (χ2v) is 4.28. The highest BCUT2D eigenvalue weighted by atomic mass is 79.9. The Kier molecular flexibility index (Phi) is 3.51. The molecule has 2 aromatic heterocycles. The molecule has 0 spiro atoms. The van der Waals surface area contributed by atoms with E-state index < -0.39 is 0 Å². The molecule has 0 saturated carbocycles. The third-order valence-corrected chi connectivity index (χ3v) is 2.91. The van der Waals surface area contributed by atoms with Crippen LogP contribution in [0, 0.1) is 0 Å². The van der Waals surface area contributed by atoms with Crippen LogP contribution in [0.1, 0.15) is 5.69 Å². The van der Waals surface area contributed by atoms with E-state index in [1.54, 1.807) is 23.0 Å². The van der Waals surface area contributed by atoms with Crippen molar-refractivity contribution in [2.24, 2.45) is 0 Å². The first kappa shape index (κ1) is 11.1. The van der Waals surface area contributed by atoms with Crippen LogP contribution in [0.5, 0.6) is 0 Å². The summed E-state index contributed by atoms with van der Waals surface area (Å²) in [6.07, 6.45) is 4.31. The molecule has 0 N–H and O–H groups in total. The van der Waals surface area contributed by atoms with Crippen molar-refractivity contribution in [3.8, 4) is 0 Å². The molecular weight excluding hydrogens is 268 g/mol. The molecule has 0 amide bonds. The zero-order valence-electron chi connectivity index (χ0n) is 8.64. The predicted molar refractivity (Wildman–Crippen MR) is 66.3 cm³/mol. The third-order valence-electron chi connectivity index (χ3n) is 2.31. The van der Waals surface area contributed by atoms with Gasteiger partial charge >= 0.3 is 0 Å². The van der Waals surface area contributed by atoms with E-state index in [2.05, 4.69) is 20.9 Å². The molecule has 16 heavy (non-hydrogen) atoms. The quantitative estimate of drug-likeness (QED) is 0.863. The van der Waals surface area contributed by atoms with Crippen LogP contribution >= 0.6 is 15.9 Å². The summed E-state index contributed by atoms with van der Waals surface area (Å²) in [6.45, 7) is 0.648. The van der Waals surface area contributed by atoms with Gasteiger partial charge < -0.3 is 4.57 Å². The summed E-state index contributed by atoms with van der Waals surface area (Å²) in [5, 5.41) is 0. The number of aromatic nitrogens is 2. The number of halogens is 1. The van der Waals surface area contributed by atoms with Crippen LogP contribution in [0.2, 0.25) is 0 Å². The van der Waals surface area contributed by atoms with E-state index in [-0.39, 0.29) is 5.56 Å². The standard InChI is InChI=1S/C12H11BrN2O/c13-11-5-3-8-15(12(11)16)9-6-10-4-1-2-7-14-10/h1-5,7-8H,6,9H2. The lowest BCUT2D eigenvalue weighted by molar-refractivity contribution is 0.658. The van der Waals surface area contributed by atoms with Gasteiger partial charge in [0.25, 0.3) is 5.56 Å². The average molecular weight is 279 g/mol. The normalized spacial score (nSPS) is 10.3. The van der Waals surface area contributed by atoms with E-state index in [0.717, 1.165) is 12.1 Å². The molecule has 2 rings (SSSR count). The topological polar surface area (TPSA) is 34.9 Å².